The van der Waals surface area contributed by atoms with Crippen molar-refractivity contribution in [2.75, 3.05) is 6.54 Å². The number of hydrogen-bond donors (Lipinski definition) is 1. The number of amides is 1. The first-order chi connectivity index (χ1) is 6.97. The summed E-state index contributed by atoms with van der Waals surface area (Å²) in [7, 11) is 0. The molecule has 0 unspecified atom stereocenters. The summed E-state index contributed by atoms with van der Waals surface area (Å²) in [4.78, 5) is 13.9. The van der Waals surface area contributed by atoms with Crippen LogP contribution in [-0.4, -0.2) is 29.4 Å². The van der Waals surface area contributed by atoms with Crippen LogP contribution in [0.2, 0.25) is 0 Å². The lowest BCUT2D eigenvalue weighted by atomic mass is 10.1. The molecule has 15 heavy (non-hydrogen) atoms. The van der Waals surface area contributed by atoms with Crippen molar-refractivity contribution in [2.24, 2.45) is 17.6 Å². The zero-order valence-electron chi connectivity index (χ0n) is 10.4. The van der Waals surface area contributed by atoms with E-state index in [-0.39, 0.29) is 18.0 Å². The van der Waals surface area contributed by atoms with Crippen LogP contribution in [-0.2, 0) is 4.79 Å². The van der Waals surface area contributed by atoms with Crippen molar-refractivity contribution in [2.45, 2.75) is 52.6 Å². The van der Waals surface area contributed by atoms with E-state index in [0.29, 0.717) is 5.92 Å². The van der Waals surface area contributed by atoms with Gasteiger partial charge < -0.3 is 10.6 Å². The van der Waals surface area contributed by atoms with Gasteiger partial charge in [0.25, 0.3) is 0 Å². The molecule has 1 fully saturated rings. The summed E-state index contributed by atoms with van der Waals surface area (Å²) in [5.41, 5.74) is 5.79. The molecule has 0 heterocycles. The number of rotatable bonds is 5. The Morgan fingerprint density at radius 3 is 2.40 bits per heavy atom. The number of nitrogens with two attached hydrogens (primary N) is 1. The lowest BCUT2D eigenvalue weighted by Gasteiger charge is -2.29. The van der Waals surface area contributed by atoms with E-state index >= 15 is 0 Å². The van der Waals surface area contributed by atoms with Gasteiger partial charge in [-0.1, -0.05) is 13.8 Å². The maximum absolute atomic E-state index is 12.0. The Morgan fingerprint density at radius 1 is 1.53 bits per heavy atom. The van der Waals surface area contributed by atoms with Gasteiger partial charge in [0.1, 0.15) is 0 Å². The summed E-state index contributed by atoms with van der Waals surface area (Å²) in [5, 5.41) is 0. The van der Waals surface area contributed by atoms with E-state index < -0.39 is 0 Å². The molecule has 0 aromatic carbocycles. The third kappa shape index (κ3) is 3.20. The van der Waals surface area contributed by atoms with Crippen molar-refractivity contribution in [1.29, 1.82) is 0 Å². The molecular weight excluding hydrogens is 188 g/mol. The molecule has 0 radical (unpaired) electrons. The fourth-order valence-corrected chi connectivity index (χ4v) is 1.85. The minimum Gasteiger partial charge on any atom is -0.339 e. The van der Waals surface area contributed by atoms with Gasteiger partial charge in [-0.3, -0.25) is 4.79 Å². The van der Waals surface area contributed by atoms with E-state index in [2.05, 4.69) is 20.8 Å². The summed E-state index contributed by atoms with van der Waals surface area (Å²) >= 11 is 0. The highest BCUT2D eigenvalue weighted by Crippen LogP contribution is 2.38. The third-order valence-electron chi connectivity index (χ3n) is 3.37. The fraction of sp³-hybridized carbons (Fsp3) is 0.917. The molecule has 0 aromatic rings. The Morgan fingerprint density at radius 2 is 2.07 bits per heavy atom. The smallest absolute Gasteiger partial charge is 0.239 e. The first kappa shape index (κ1) is 12.5. The molecule has 0 aromatic heterocycles. The van der Waals surface area contributed by atoms with Gasteiger partial charge in [-0.2, -0.15) is 0 Å². The lowest BCUT2D eigenvalue weighted by molar-refractivity contribution is -0.134. The first-order valence-electron chi connectivity index (χ1n) is 6.03. The second-order valence-electron chi connectivity index (χ2n) is 5.07. The van der Waals surface area contributed by atoms with Crippen molar-refractivity contribution in [3.05, 3.63) is 0 Å². The second-order valence-corrected chi connectivity index (χ2v) is 5.07. The van der Waals surface area contributed by atoms with Crippen molar-refractivity contribution >= 4 is 5.91 Å². The van der Waals surface area contributed by atoms with Gasteiger partial charge >= 0.3 is 0 Å². The summed E-state index contributed by atoms with van der Waals surface area (Å²) in [6.07, 6.45) is 1.99. The Hall–Kier alpha value is -0.570. The molecule has 0 saturated heterocycles. The van der Waals surface area contributed by atoms with Gasteiger partial charge in [-0.15, -0.1) is 0 Å². The lowest BCUT2D eigenvalue weighted by Crippen LogP contribution is -2.47. The van der Waals surface area contributed by atoms with Gasteiger partial charge in [0.2, 0.25) is 5.91 Å². The van der Waals surface area contributed by atoms with Crippen LogP contribution < -0.4 is 5.73 Å². The molecular formula is C12H24N2O. The molecule has 88 valence electrons. The maximum Gasteiger partial charge on any atom is 0.239 e. The average molecular weight is 212 g/mol. The van der Waals surface area contributed by atoms with Gasteiger partial charge in [0.15, 0.2) is 0 Å². The largest absolute Gasteiger partial charge is 0.339 e. The van der Waals surface area contributed by atoms with Crippen LogP contribution in [0.5, 0.6) is 0 Å². The molecule has 3 heteroatoms. The molecule has 0 aliphatic heterocycles. The Labute approximate surface area is 93.0 Å². The Balaban J connectivity index is 2.53. The van der Waals surface area contributed by atoms with Crippen molar-refractivity contribution in [3.63, 3.8) is 0 Å². The van der Waals surface area contributed by atoms with Crippen LogP contribution >= 0.6 is 0 Å². The van der Waals surface area contributed by atoms with E-state index in [1.165, 1.54) is 6.42 Å². The van der Waals surface area contributed by atoms with Crippen LogP contribution in [0.3, 0.4) is 0 Å². The number of carbonyl (C=O) groups excluding carboxylic acids is 1. The van der Waals surface area contributed by atoms with E-state index in [4.69, 9.17) is 5.73 Å². The predicted octanol–water partition coefficient (Wildman–Crippen LogP) is 1.62. The van der Waals surface area contributed by atoms with Crippen LogP contribution in [0.4, 0.5) is 0 Å². The van der Waals surface area contributed by atoms with Crippen LogP contribution in [0, 0.1) is 11.8 Å². The highest BCUT2D eigenvalue weighted by atomic mass is 16.2. The van der Waals surface area contributed by atoms with Gasteiger partial charge in [0.05, 0.1) is 6.04 Å². The average Bonchev–Trinajstić information content (AvgIpc) is 2.88. The molecule has 1 saturated carbocycles. The molecule has 1 aliphatic carbocycles. The van der Waals surface area contributed by atoms with E-state index in [1.807, 2.05) is 11.8 Å². The molecule has 2 N–H and O–H groups in total. The fourth-order valence-electron chi connectivity index (χ4n) is 1.85. The Kier molecular flexibility index (Phi) is 4.14. The highest BCUT2D eigenvalue weighted by molar-refractivity contribution is 5.81. The van der Waals surface area contributed by atoms with Gasteiger partial charge in [0, 0.05) is 12.6 Å². The summed E-state index contributed by atoms with van der Waals surface area (Å²) in [6, 6.07) is -0.0515. The summed E-state index contributed by atoms with van der Waals surface area (Å²) in [5.74, 6) is 1.61. The predicted molar refractivity (Wildman–Crippen MR) is 62.4 cm³/mol. The molecule has 0 bridgehead atoms. The van der Waals surface area contributed by atoms with E-state index in [1.54, 1.807) is 0 Å². The van der Waals surface area contributed by atoms with Crippen molar-refractivity contribution in [3.8, 4) is 0 Å². The molecule has 1 rings (SSSR count). The zero-order valence-corrected chi connectivity index (χ0v) is 10.4. The minimum atomic E-state index is -0.318. The van der Waals surface area contributed by atoms with Gasteiger partial charge in [-0.25, -0.2) is 0 Å². The van der Waals surface area contributed by atoms with Crippen molar-refractivity contribution < 1.29 is 4.79 Å². The van der Waals surface area contributed by atoms with Gasteiger partial charge in [-0.05, 0) is 38.5 Å². The standard InChI is InChI=1S/C12H24N2O/c1-5-11(13)12(15)14(8(2)3)7-10-6-9(10)4/h8-11H,5-7,13H2,1-4H3/t9-,10+,11+/m1/s1. The first-order valence-corrected chi connectivity index (χ1v) is 6.03. The van der Waals surface area contributed by atoms with E-state index in [9.17, 15) is 4.79 Å². The molecule has 0 spiro atoms. The van der Waals surface area contributed by atoms with Crippen molar-refractivity contribution in [1.82, 2.24) is 4.90 Å². The molecule has 1 amide bonds. The quantitative estimate of drug-likeness (QED) is 0.752. The van der Waals surface area contributed by atoms with E-state index in [0.717, 1.165) is 18.9 Å². The third-order valence-corrected chi connectivity index (χ3v) is 3.37. The molecule has 3 nitrogen and oxygen atoms in total. The minimum absolute atomic E-state index is 0.117. The maximum atomic E-state index is 12.0. The monoisotopic (exact) mass is 212 g/mol. The normalized spacial score (nSPS) is 26.5. The summed E-state index contributed by atoms with van der Waals surface area (Å²) in [6.45, 7) is 9.22. The number of nitrogens with zero attached hydrogens (tertiary/aromatic N) is 1. The Bertz CT molecular complexity index is 228. The summed E-state index contributed by atoms with van der Waals surface area (Å²) < 4.78 is 0. The van der Waals surface area contributed by atoms with Crippen LogP contribution in [0.25, 0.3) is 0 Å². The topological polar surface area (TPSA) is 46.3 Å². The molecule has 1 aliphatic rings. The number of hydrogen-bond acceptors (Lipinski definition) is 2. The van der Waals surface area contributed by atoms with Crippen LogP contribution in [0.15, 0.2) is 0 Å². The SMILES string of the molecule is CC[C@H](N)C(=O)N(C[C@@H]1C[C@H]1C)C(C)C. The second kappa shape index (κ2) is 4.97. The number of carbonyl (C=O) groups is 1. The molecule has 3 atom stereocenters. The zero-order chi connectivity index (χ0) is 11.6. The van der Waals surface area contributed by atoms with Crippen LogP contribution in [0.1, 0.15) is 40.5 Å². The highest BCUT2D eigenvalue weighted by Gasteiger charge is 2.36.